The zero-order chi connectivity index (χ0) is 21.5. The molecular weight excluding hydrogens is 394 g/mol. The van der Waals surface area contributed by atoms with Crippen molar-refractivity contribution in [1.29, 1.82) is 0 Å². The number of aryl methyl sites for hydroxylation is 2. The zero-order valence-electron chi connectivity index (χ0n) is 17.9. The number of ether oxygens (including phenoxy) is 2. The Bertz CT molecular complexity index is 902. The molecule has 2 aromatic rings. The summed E-state index contributed by atoms with van der Waals surface area (Å²) in [7, 11) is 0. The molecule has 1 unspecified atom stereocenters. The molecule has 0 aromatic carbocycles. The van der Waals surface area contributed by atoms with Crippen molar-refractivity contribution in [2.75, 3.05) is 25.1 Å². The quantitative estimate of drug-likeness (QED) is 0.546. The van der Waals surface area contributed by atoms with Crippen molar-refractivity contribution >= 4 is 11.8 Å². The van der Waals surface area contributed by atoms with Crippen LogP contribution in [0.15, 0.2) is 24.4 Å². The highest BCUT2D eigenvalue weighted by Crippen LogP contribution is 2.34. The molecule has 2 N–H and O–H groups in total. The van der Waals surface area contributed by atoms with E-state index in [-0.39, 0.29) is 12.3 Å². The van der Waals surface area contributed by atoms with E-state index in [9.17, 15) is 9.90 Å². The fourth-order valence-corrected chi connectivity index (χ4v) is 4.33. The maximum atomic E-state index is 11.4. The topological polar surface area (TPSA) is 93.6 Å². The highest BCUT2D eigenvalue weighted by atomic mass is 16.6. The number of hydrogen-bond donors (Lipinski definition) is 2. The summed E-state index contributed by atoms with van der Waals surface area (Å²) in [6, 6.07) is 6.26. The first-order valence-electron chi connectivity index (χ1n) is 11.4. The fraction of sp³-hybridized carbons (Fsp3) is 0.542. The van der Waals surface area contributed by atoms with Gasteiger partial charge in [0, 0.05) is 18.4 Å². The van der Waals surface area contributed by atoms with Gasteiger partial charge >= 0.3 is 5.97 Å². The molecule has 0 aliphatic carbocycles. The molecule has 0 saturated carbocycles. The summed E-state index contributed by atoms with van der Waals surface area (Å²) in [5.74, 6) is 1.33. The monoisotopic (exact) mass is 425 g/mol. The average molecular weight is 426 g/mol. The van der Waals surface area contributed by atoms with Gasteiger partial charge in [0.1, 0.15) is 19.0 Å². The van der Waals surface area contributed by atoms with E-state index in [1.807, 2.05) is 6.07 Å². The molecule has 4 heterocycles. The van der Waals surface area contributed by atoms with E-state index in [0.29, 0.717) is 24.8 Å². The van der Waals surface area contributed by atoms with Crippen LogP contribution in [0.1, 0.15) is 67.7 Å². The Hall–Kier alpha value is -2.83. The van der Waals surface area contributed by atoms with Gasteiger partial charge in [0.15, 0.2) is 5.75 Å². The Morgan fingerprint density at radius 3 is 2.94 bits per heavy atom. The van der Waals surface area contributed by atoms with Crippen LogP contribution in [-0.4, -0.2) is 40.8 Å². The highest BCUT2D eigenvalue weighted by molar-refractivity contribution is 5.68. The second-order valence-corrected chi connectivity index (χ2v) is 8.36. The van der Waals surface area contributed by atoms with Crippen LogP contribution in [-0.2, 0) is 17.6 Å². The predicted octanol–water partition coefficient (Wildman–Crippen LogP) is 4.36. The Kier molecular flexibility index (Phi) is 7.22. The van der Waals surface area contributed by atoms with Gasteiger partial charge in [-0.2, -0.15) is 0 Å². The van der Waals surface area contributed by atoms with Crippen molar-refractivity contribution in [1.82, 2.24) is 9.97 Å². The number of carboxylic acids is 1. The number of aliphatic carboxylic acids is 1. The molecule has 0 fully saturated rings. The molecule has 31 heavy (non-hydrogen) atoms. The minimum absolute atomic E-state index is 0.0609. The minimum Gasteiger partial charge on any atom is -0.484 e. The summed E-state index contributed by atoms with van der Waals surface area (Å²) in [6.45, 7) is 2.01. The SMILES string of the molecule is O=C(O)CC(CCCCCCc1ccc2c(n1)NCCC2)c1cnc2c(c1)OCCO2. The molecule has 4 rings (SSSR count). The number of carbonyl (C=O) groups is 1. The van der Waals surface area contributed by atoms with Gasteiger partial charge < -0.3 is 19.9 Å². The van der Waals surface area contributed by atoms with Gasteiger partial charge in [-0.1, -0.05) is 25.3 Å². The molecule has 0 saturated heterocycles. The molecule has 1 atom stereocenters. The largest absolute Gasteiger partial charge is 0.484 e. The molecule has 0 spiro atoms. The van der Waals surface area contributed by atoms with Gasteiger partial charge in [0.05, 0.1) is 6.42 Å². The number of pyridine rings is 2. The average Bonchev–Trinajstić information content (AvgIpc) is 2.80. The fourth-order valence-electron chi connectivity index (χ4n) is 4.33. The van der Waals surface area contributed by atoms with Crippen molar-refractivity contribution in [2.45, 2.75) is 63.7 Å². The summed E-state index contributed by atoms with van der Waals surface area (Å²) in [4.78, 5) is 20.5. The van der Waals surface area contributed by atoms with Crippen LogP contribution < -0.4 is 14.8 Å². The highest BCUT2D eigenvalue weighted by Gasteiger charge is 2.20. The van der Waals surface area contributed by atoms with Crippen LogP contribution in [0, 0.1) is 0 Å². The number of aromatic nitrogens is 2. The Labute approximate surface area is 183 Å². The molecule has 0 bridgehead atoms. The first kappa shape index (κ1) is 21.4. The lowest BCUT2D eigenvalue weighted by molar-refractivity contribution is -0.137. The van der Waals surface area contributed by atoms with Crippen molar-refractivity contribution in [2.24, 2.45) is 0 Å². The van der Waals surface area contributed by atoms with Gasteiger partial charge in [-0.05, 0) is 61.3 Å². The van der Waals surface area contributed by atoms with E-state index in [4.69, 9.17) is 14.5 Å². The Morgan fingerprint density at radius 1 is 1.16 bits per heavy atom. The third kappa shape index (κ3) is 5.87. The molecule has 2 aliphatic rings. The smallest absolute Gasteiger partial charge is 0.303 e. The standard InChI is InChI=1S/C24H31N3O4/c28-22(29)15-18(19-14-21-24(26-16-19)31-13-12-30-21)6-3-1-2-4-8-20-10-9-17-7-5-11-25-23(17)27-20/h9-10,14,16,18H,1-8,11-13,15H2,(H,25,27)(H,28,29). The number of anilines is 1. The number of hydrogen-bond acceptors (Lipinski definition) is 6. The first-order chi connectivity index (χ1) is 15.2. The number of carboxylic acid groups (broad SMARTS) is 1. The lowest BCUT2D eigenvalue weighted by Gasteiger charge is -2.20. The van der Waals surface area contributed by atoms with E-state index < -0.39 is 5.97 Å². The summed E-state index contributed by atoms with van der Waals surface area (Å²) >= 11 is 0. The lowest BCUT2D eigenvalue weighted by Crippen LogP contribution is -2.17. The molecular formula is C24H31N3O4. The zero-order valence-corrected chi connectivity index (χ0v) is 17.9. The van der Waals surface area contributed by atoms with E-state index in [1.54, 1.807) is 6.20 Å². The van der Waals surface area contributed by atoms with Gasteiger partial charge in [-0.3, -0.25) is 4.79 Å². The molecule has 0 radical (unpaired) electrons. The molecule has 0 amide bonds. The van der Waals surface area contributed by atoms with Crippen LogP contribution in [0.5, 0.6) is 11.6 Å². The number of rotatable bonds is 10. The van der Waals surface area contributed by atoms with Crippen LogP contribution in [0.2, 0.25) is 0 Å². The molecule has 166 valence electrons. The second-order valence-electron chi connectivity index (χ2n) is 8.36. The van der Waals surface area contributed by atoms with Crippen molar-refractivity contribution in [3.8, 4) is 11.6 Å². The number of nitrogens with one attached hydrogen (secondary N) is 1. The van der Waals surface area contributed by atoms with Crippen LogP contribution in [0.25, 0.3) is 0 Å². The Balaban J connectivity index is 1.23. The van der Waals surface area contributed by atoms with Gasteiger partial charge in [0.2, 0.25) is 0 Å². The van der Waals surface area contributed by atoms with Gasteiger partial charge in [-0.15, -0.1) is 0 Å². The maximum Gasteiger partial charge on any atom is 0.303 e. The van der Waals surface area contributed by atoms with Crippen molar-refractivity contribution in [3.63, 3.8) is 0 Å². The normalized spacial score (nSPS) is 15.6. The number of unbranched alkanes of at least 4 members (excludes halogenated alkanes) is 3. The van der Waals surface area contributed by atoms with E-state index in [1.165, 1.54) is 12.0 Å². The van der Waals surface area contributed by atoms with E-state index in [0.717, 1.165) is 68.6 Å². The third-order valence-corrected chi connectivity index (χ3v) is 6.00. The molecule has 2 aromatic heterocycles. The molecule has 7 heteroatoms. The number of fused-ring (bicyclic) bond motifs is 2. The molecule has 7 nitrogen and oxygen atoms in total. The third-order valence-electron chi connectivity index (χ3n) is 6.00. The van der Waals surface area contributed by atoms with Crippen LogP contribution in [0.3, 0.4) is 0 Å². The summed E-state index contributed by atoms with van der Waals surface area (Å²) in [6.07, 6.45) is 10.2. The van der Waals surface area contributed by atoms with Crippen molar-refractivity contribution < 1.29 is 19.4 Å². The second kappa shape index (κ2) is 10.5. The van der Waals surface area contributed by atoms with E-state index in [2.05, 4.69) is 22.4 Å². The van der Waals surface area contributed by atoms with Gasteiger partial charge in [0.25, 0.3) is 5.88 Å². The number of nitrogens with zero attached hydrogens (tertiary/aromatic N) is 2. The van der Waals surface area contributed by atoms with Crippen molar-refractivity contribution in [3.05, 3.63) is 41.2 Å². The summed E-state index contributed by atoms with van der Waals surface area (Å²) in [5.41, 5.74) is 3.39. The van der Waals surface area contributed by atoms with Crippen LogP contribution >= 0.6 is 0 Å². The minimum atomic E-state index is -0.785. The molecule has 2 aliphatic heterocycles. The Morgan fingerprint density at radius 2 is 2.03 bits per heavy atom. The predicted molar refractivity (Wildman–Crippen MR) is 118 cm³/mol. The first-order valence-corrected chi connectivity index (χ1v) is 11.4. The summed E-state index contributed by atoms with van der Waals surface area (Å²) in [5, 5.41) is 12.7. The maximum absolute atomic E-state index is 11.4. The van der Waals surface area contributed by atoms with Crippen LogP contribution in [0.4, 0.5) is 5.82 Å². The van der Waals surface area contributed by atoms with E-state index >= 15 is 0 Å². The van der Waals surface area contributed by atoms with Gasteiger partial charge in [-0.25, -0.2) is 9.97 Å². The summed E-state index contributed by atoms with van der Waals surface area (Å²) < 4.78 is 11.1. The lowest BCUT2D eigenvalue weighted by atomic mass is 9.91.